The van der Waals surface area contributed by atoms with Crippen LogP contribution in [0.1, 0.15) is 15.9 Å². The van der Waals surface area contributed by atoms with Gasteiger partial charge >= 0.3 is 0 Å². The van der Waals surface area contributed by atoms with Crippen molar-refractivity contribution < 1.29 is 14.3 Å². The van der Waals surface area contributed by atoms with Crippen molar-refractivity contribution in [2.45, 2.75) is 6.61 Å². The summed E-state index contributed by atoms with van der Waals surface area (Å²) in [5.74, 6) is -0.354. The molecule has 1 aromatic carbocycles. The number of rotatable bonds is 2. The van der Waals surface area contributed by atoms with E-state index in [4.69, 9.17) is 4.74 Å². The summed E-state index contributed by atoms with van der Waals surface area (Å²) in [6.07, 6.45) is 0. The monoisotopic (exact) mass is 288 g/mol. The zero-order chi connectivity index (χ0) is 13.9. The summed E-state index contributed by atoms with van der Waals surface area (Å²) in [6, 6.07) is 7.14. The van der Waals surface area contributed by atoms with E-state index in [2.05, 4.69) is 10.6 Å². The minimum Gasteiger partial charge on any atom is -0.367 e. The molecular formula is C14H12N2O3S. The van der Waals surface area contributed by atoms with Crippen molar-refractivity contribution >= 4 is 34.5 Å². The molecule has 6 heteroatoms. The lowest BCUT2D eigenvalue weighted by atomic mass is 10.1. The lowest BCUT2D eigenvalue weighted by molar-refractivity contribution is -0.120. The van der Waals surface area contributed by atoms with Crippen LogP contribution in [0.15, 0.2) is 35.0 Å². The summed E-state index contributed by atoms with van der Waals surface area (Å²) in [7, 11) is 0. The van der Waals surface area contributed by atoms with Crippen LogP contribution in [0, 0.1) is 0 Å². The molecule has 0 aliphatic carbocycles. The van der Waals surface area contributed by atoms with Crippen LogP contribution >= 0.6 is 11.3 Å². The van der Waals surface area contributed by atoms with Gasteiger partial charge in [-0.15, -0.1) is 0 Å². The van der Waals surface area contributed by atoms with Crippen molar-refractivity contribution in [2.24, 2.45) is 0 Å². The summed E-state index contributed by atoms with van der Waals surface area (Å²) >= 11 is 1.47. The number of nitrogens with one attached hydrogen (secondary N) is 2. The van der Waals surface area contributed by atoms with Crippen LogP contribution in [0.4, 0.5) is 11.4 Å². The van der Waals surface area contributed by atoms with Crippen molar-refractivity contribution in [1.82, 2.24) is 0 Å². The standard InChI is InChI=1S/C14H12N2O3S/c17-13-7-19-6-9-1-2-11(5-12(9)16-13)15-14(18)10-3-4-20-8-10/h1-5,8H,6-7H2,(H,15,18)(H,16,17). The molecule has 20 heavy (non-hydrogen) atoms. The third-order valence-electron chi connectivity index (χ3n) is 2.92. The average molecular weight is 288 g/mol. The smallest absolute Gasteiger partial charge is 0.256 e. The number of amides is 2. The maximum atomic E-state index is 12.0. The third-order valence-corrected chi connectivity index (χ3v) is 3.60. The van der Waals surface area contributed by atoms with E-state index in [1.165, 1.54) is 11.3 Å². The van der Waals surface area contributed by atoms with Gasteiger partial charge in [-0.2, -0.15) is 11.3 Å². The summed E-state index contributed by atoms with van der Waals surface area (Å²) in [6.45, 7) is 0.429. The normalized spacial score (nSPS) is 14.1. The second kappa shape index (κ2) is 5.44. The minimum absolute atomic E-state index is 0.0469. The summed E-state index contributed by atoms with van der Waals surface area (Å²) in [4.78, 5) is 23.4. The van der Waals surface area contributed by atoms with E-state index in [1.54, 1.807) is 23.6 Å². The van der Waals surface area contributed by atoms with Crippen molar-refractivity contribution in [3.05, 3.63) is 46.2 Å². The van der Waals surface area contributed by atoms with Gasteiger partial charge in [0.25, 0.3) is 5.91 Å². The highest BCUT2D eigenvalue weighted by atomic mass is 32.1. The van der Waals surface area contributed by atoms with Gasteiger partial charge in [-0.25, -0.2) is 0 Å². The second-order valence-corrected chi connectivity index (χ2v) is 5.16. The lowest BCUT2D eigenvalue weighted by Gasteiger charge is -2.09. The maximum absolute atomic E-state index is 12.0. The lowest BCUT2D eigenvalue weighted by Crippen LogP contribution is -2.15. The molecule has 1 aliphatic heterocycles. The average Bonchev–Trinajstić information content (AvgIpc) is 2.89. The first-order chi connectivity index (χ1) is 9.72. The van der Waals surface area contributed by atoms with Crippen LogP contribution in [-0.4, -0.2) is 18.4 Å². The van der Waals surface area contributed by atoms with Gasteiger partial charge in [-0.3, -0.25) is 9.59 Å². The minimum atomic E-state index is -0.190. The largest absolute Gasteiger partial charge is 0.367 e. The van der Waals surface area contributed by atoms with Crippen LogP contribution in [-0.2, 0) is 16.1 Å². The van der Waals surface area contributed by atoms with E-state index in [1.807, 2.05) is 11.4 Å². The van der Waals surface area contributed by atoms with E-state index in [9.17, 15) is 9.59 Å². The molecule has 2 amide bonds. The number of carbonyl (C=O) groups excluding carboxylic acids is 2. The third kappa shape index (κ3) is 2.71. The van der Waals surface area contributed by atoms with Crippen LogP contribution in [0.25, 0.3) is 0 Å². The molecule has 1 aliphatic rings. The Bertz CT molecular complexity index is 652. The van der Waals surface area contributed by atoms with Crippen molar-refractivity contribution in [3.8, 4) is 0 Å². The van der Waals surface area contributed by atoms with Gasteiger partial charge in [0.2, 0.25) is 5.91 Å². The summed E-state index contributed by atoms with van der Waals surface area (Å²) in [5.41, 5.74) is 2.83. The van der Waals surface area contributed by atoms with Crippen LogP contribution in [0.3, 0.4) is 0 Å². The quantitative estimate of drug-likeness (QED) is 0.892. The molecule has 0 saturated carbocycles. The fourth-order valence-electron chi connectivity index (χ4n) is 1.93. The van der Waals surface area contributed by atoms with Crippen molar-refractivity contribution in [2.75, 3.05) is 17.2 Å². The molecule has 0 unspecified atom stereocenters. The Kier molecular flexibility index (Phi) is 3.49. The zero-order valence-electron chi connectivity index (χ0n) is 10.5. The Hall–Kier alpha value is -2.18. The molecule has 0 fully saturated rings. The summed E-state index contributed by atoms with van der Waals surface area (Å²) < 4.78 is 5.22. The number of ether oxygens (including phenoxy) is 1. The van der Waals surface area contributed by atoms with Crippen LogP contribution < -0.4 is 10.6 Å². The molecule has 2 heterocycles. The van der Waals surface area contributed by atoms with E-state index >= 15 is 0 Å². The van der Waals surface area contributed by atoms with Gasteiger partial charge < -0.3 is 15.4 Å². The Morgan fingerprint density at radius 1 is 1.30 bits per heavy atom. The highest BCUT2D eigenvalue weighted by Crippen LogP contribution is 2.24. The van der Waals surface area contributed by atoms with Gasteiger partial charge in [0, 0.05) is 22.3 Å². The summed E-state index contributed by atoms with van der Waals surface area (Å²) in [5, 5.41) is 9.20. The molecule has 3 rings (SSSR count). The molecule has 0 spiro atoms. The Balaban J connectivity index is 1.81. The predicted octanol–water partition coefficient (Wildman–Crippen LogP) is 2.47. The number of hydrogen-bond acceptors (Lipinski definition) is 4. The second-order valence-electron chi connectivity index (χ2n) is 4.38. The van der Waals surface area contributed by atoms with Gasteiger partial charge in [0.1, 0.15) is 6.61 Å². The molecular weight excluding hydrogens is 276 g/mol. The van der Waals surface area contributed by atoms with Gasteiger partial charge in [-0.05, 0) is 23.6 Å². The van der Waals surface area contributed by atoms with Gasteiger partial charge in [0.05, 0.1) is 12.2 Å². The predicted molar refractivity (Wildman–Crippen MR) is 77.0 cm³/mol. The first-order valence-electron chi connectivity index (χ1n) is 6.06. The Morgan fingerprint density at radius 2 is 2.20 bits per heavy atom. The van der Waals surface area contributed by atoms with E-state index in [0.717, 1.165) is 5.56 Å². The number of anilines is 2. The first kappa shape index (κ1) is 12.8. The Labute approximate surface area is 119 Å². The van der Waals surface area contributed by atoms with E-state index in [0.29, 0.717) is 23.5 Å². The molecule has 0 saturated heterocycles. The highest BCUT2D eigenvalue weighted by Gasteiger charge is 2.14. The molecule has 5 nitrogen and oxygen atoms in total. The van der Waals surface area contributed by atoms with Crippen LogP contribution in [0.2, 0.25) is 0 Å². The SMILES string of the molecule is O=C1COCc2ccc(NC(=O)c3ccsc3)cc2N1. The maximum Gasteiger partial charge on any atom is 0.256 e. The van der Waals surface area contributed by atoms with Crippen molar-refractivity contribution in [1.29, 1.82) is 0 Å². The van der Waals surface area contributed by atoms with E-state index in [-0.39, 0.29) is 18.4 Å². The Morgan fingerprint density at radius 3 is 3.00 bits per heavy atom. The molecule has 0 bridgehead atoms. The fraction of sp³-hybridized carbons (Fsp3) is 0.143. The highest BCUT2D eigenvalue weighted by molar-refractivity contribution is 7.08. The number of fused-ring (bicyclic) bond motifs is 1. The molecule has 0 atom stereocenters. The zero-order valence-corrected chi connectivity index (χ0v) is 11.3. The number of hydrogen-bond donors (Lipinski definition) is 2. The number of benzene rings is 1. The van der Waals surface area contributed by atoms with Crippen LogP contribution in [0.5, 0.6) is 0 Å². The van der Waals surface area contributed by atoms with E-state index < -0.39 is 0 Å². The van der Waals surface area contributed by atoms with Gasteiger partial charge in [-0.1, -0.05) is 6.07 Å². The molecule has 2 N–H and O–H groups in total. The number of carbonyl (C=O) groups is 2. The number of thiophene rings is 1. The first-order valence-corrected chi connectivity index (χ1v) is 7.01. The molecule has 102 valence electrons. The van der Waals surface area contributed by atoms with Crippen molar-refractivity contribution in [3.63, 3.8) is 0 Å². The topological polar surface area (TPSA) is 67.4 Å². The fourth-order valence-corrected chi connectivity index (χ4v) is 2.57. The van der Waals surface area contributed by atoms with Gasteiger partial charge in [0.15, 0.2) is 0 Å². The molecule has 0 radical (unpaired) electrons. The molecule has 1 aromatic heterocycles. The molecule has 2 aromatic rings.